The summed E-state index contributed by atoms with van der Waals surface area (Å²) in [6, 6.07) is 0. The van der Waals surface area contributed by atoms with Gasteiger partial charge in [-0.1, -0.05) is 77.7 Å². The van der Waals surface area contributed by atoms with Gasteiger partial charge in [-0.05, 0) is 5.41 Å². The molecular weight excluding hydrogens is 144 g/mol. The lowest BCUT2D eigenvalue weighted by Gasteiger charge is -2.05. The number of hydrogen-bond donors (Lipinski definition) is 0. The van der Waals surface area contributed by atoms with Crippen LogP contribution in [0.3, 0.4) is 0 Å². The highest BCUT2D eigenvalue weighted by Crippen LogP contribution is 2.07. The van der Waals surface area contributed by atoms with Gasteiger partial charge in [0.15, 0.2) is 0 Å². The molecule has 0 aromatic carbocycles. The topological polar surface area (TPSA) is 0 Å². The molecule has 0 saturated heterocycles. The normalized spacial score (nSPS) is 6.50. The summed E-state index contributed by atoms with van der Waals surface area (Å²) in [6.07, 6.45) is 1.25. The molecule has 0 N–H and O–H groups in total. The molecule has 0 fully saturated rings. The molecule has 0 spiro atoms. The van der Waals surface area contributed by atoms with Crippen molar-refractivity contribution >= 4 is 0 Å². The van der Waals surface area contributed by atoms with Crippen LogP contribution in [-0.2, 0) is 0 Å². The average Bonchev–Trinajstić information content (AvgIpc) is 1.27. The molecule has 0 rings (SSSR count). The highest BCUT2D eigenvalue weighted by molar-refractivity contribution is 4.47. The second-order valence-corrected chi connectivity index (χ2v) is 3.71. The Kier molecular flexibility index (Phi) is 75.5. The molecule has 0 nitrogen and oxygen atoms in total. The summed E-state index contributed by atoms with van der Waals surface area (Å²) >= 11 is 0. The second-order valence-electron chi connectivity index (χ2n) is 3.71. The zero-order valence-electron chi connectivity index (χ0n) is 7.21. The lowest BCUT2D eigenvalue weighted by atomic mass is 10.0. The lowest BCUT2D eigenvalue weighted by molar-refractivity contribution is 0.469. The van der Waals surface area contributed by atoms with Crippen LogP contribution in [-0.4, -0.2) is 0 Å². The molecule has 0 saturated carbocycles. The van der Waals surface area contributed by atoms with E-state index >= 15 is 0 Å². The Balaban J connectivity index is -0.0000000119. The first-order valence-electron chi connectivity index (χ1n) is 3.41. The molecule has 0 heteroatoms. The first-order chi connectivity index (χ1) is 3.41. The highest BCUT2D eigenvalue weighted by Gasteiger charge is 1.95. The predicted octanol–water partition coefficient (Wildman–Crippen LogP) is 6.01. The van der Waals surface area contributed by atoms with Gasteiger partial charge >= 0.3 is 0 Å². The van der Waals surface area contributed by atoms with Crippen molar-refractivity contribution in [1.82, 2.24) is 0 Å². The van der Waals surface area contributed by atoms with Gasteiger partial charge in [0, 0.05) is 0 Å². The molecule has 0 unspecified atom stereocenters. The standard InChI is InChI=1S/C5H12.C3H8.4CH4/c1-5(2,3)4;1-3-2;;;;/h1-4H3;3H2,1-2H3;4*1H4. The third kappa shape index (κ3) is 0. The summed E-state index contributed by atoms with van der Waals surface area (Å²) in [5.74, 6) is 0. The third-order valence-corrected chi connectivity index (χ3v) is 0. The van der Waals surface area contributed by atoms with E-state index in [1.165, 1.54) is 6.42 Å². The highest BCUT2D eigenvalue weighted by atomic mass is 14.0. The van der Waals surface area contributed by atoms with Crippen LogP contribution >= 0.6 is 0 Å². The van der Waals surface area contributed by atoms with Crippen molar-refractivity contribution < 1.29 is 0 Å². The minimum atomic E-state index is 0. The van der Waals surface area contributed by atoms with E-state index in [1.807, 2.05) is 0 Å². The van der Waals surface area contributed by atoms with Crippen LogP contribution in [0.1, 0.15) is 77.7 Å². The van der Waals surface area contributed by atoms with Crippen LogP contribution in [0.4, 0.5) is 0 Å². The molecule has 0 amide bonds. The maximum Gasteiger partial charge on any atom is -0.0411 e. The molecule has 0 aromatic rings. The Labute approximate surface area is 83.8 Å². The maximum atomic E-state index is 2.19. The van der Waals surface area contributed by atoms with Gasteiger partial charge in [-0.3, -0.25) is 0 Å². The summed E-state index contributed by atoms with van der Waals surface area (Å²) in [5.41, 5.74) is 0.500. The van der Waals surface area contributed by atoms with Gasteiger partial charge in [-0.25, -0.2) is 0 Å². The van der Waals surface area contributed by atoms with Crippen molar-refractivity contribution in [3.63, 3.8) is 0 Å². The van der Waals surface area contributed by atoms with E-state index in [4.69, 9.17) is 0 Å². The predicted molar refractivity (Wildman–Crippen MR) is 68.0 cm³/mol. The Hall–Kier alpha value is 0. The van der Waals surface area contributed by atoms with E-state index in [-0.39, 0.29) is 29.7 Å². The van der Waals surface area contributed by atoms with Crippen LogP contribution in [0.5, 0.6) is 0 Å². The van der Waals surface area contributed by atoms with Crippen molar-refractivity contribution in [3.8, 4) is 0 Å². The minimum absolute atomic E-state index is 0. The molecule has 0 atom stereocenters. The summed E-state index contributed by atoms with van der Waals surface area (Å²) < 4.78 is 0. The van der Waals surface area contributed by atoms with Crippen molar-refractivity contribution in [2.45, 2.75) is 77.7 Å². The molecule has 0 bridgehead atoms. The van der Waals surface area contributed by atoms with Crippen molar-refractivity contribution in [1.29, 1.82) is 0 Å². The Bertz CT molecular complexity index is 23.8. The summed E-state index contributed by atoms with van der Waals surface area (Å²) in [7, 11) is 0. The minimum Gasteiger partial charge on any atom is -0.0776 e. The smallest absolute Gasteiger partial charge is 0.0411 e. The van der Waals surface area contributed by atoms with Gasteiger partial charge in [0.25, 0.3) is 0 Å². The summed E-state index contributed by atoms with van der Waals surface area (Å²) in [4.78, 5) is 0. The van der Waals surface area contributed by atoms with E-state index in [0.29, 0.717) is 5.41 Å². The van der Waals surface area contributed by atoms with Crippen molar-refractivity contribution in [2.24, 2.45) is 5.41 Å². The van der Waals surface area contributed by atoms with Gasteiger partial charge in [0.05, 0.1) is 0 Å². The van der Waals surface area contributed by atoms with Gasteiger partial charge in [-0.2, -0.15) is 0 Å². The van der Waals surface area contributed by atoms with E-state index < -0.39 is 0 Å². The van der Waals surface area contributed by atoms with Crippen LogP contribution in [0.15, 0.2) is 0 Å². The third-order valence-electron chi connectivity index (χ3n) is 0. The molecule has 12 heavy (non-hydrogen) atoms. The van der Waals surface area contributed by atoms with Gasteiger partial charge < -0.3 is 0 Å². The first kappa shape index (κ1) is 40.3. The van der Waals surface area contributed by atoms with Crippen LogP contribution in [0.2, 0.25) is 0 Å². The molecule has 84 valence electrons. The van der Waals surface area contributed by atoms with E-state index in [2.05, 4.69) is 41.5 Å². The number of rotatable bonds is 0. The fourth-order valence-corrected chi connectivity index (χ4v) is 0. The molecule has 0 aliphatic carbocycles. The number of hydrogen-bond acceptors (Lipinski definition) is 0. The van der Waals surface area contributed by atoms with Crippen molar-refractivity contribution in [2.75, 3.05) is 0 Å². The molecular formula is C12H36. The quantitative estimate of drug-likeness (QED) is 0.428. The zero-order valence-corrected chi connectivity index (χ0v) is 7.21. The molecule has 0 aliphatic heterocycles. The fourth-order valence-electron chi connectivity index (χ4n) is 0. The summed E-state index contributed by atoms with van der Waals surface area (Å²) in [6.45, 7) is 13.0. The molecule has 0 aromatic heterocycles. The van der Waals surface area contributed by atoms with E-state index in [9.17, 15) is 0 Å². The maximum absolute atomic E-state index is 2.19. The monoisotopic (exact) mass is 180 g/mol. The largest absolute Gasteiger partial charge is 0.0776 e. The molecule has 0 heterocycles. The Morgan fingerprint density at radius 3 is 0.667 bits per heavy atom. The van der Waals surface area contributed by atoms with Crippen LogP contribution < -0.4 is 0 Å². The van der Waals surface area contributed by atoms with Gasteiger partial charge in [0.1, 0.15) is 0 Å². The van der Waals surface area contributed by atoms with Gasteiger partial charge in [0.2, 0.25) is 0 Å². The van der Waals surface area contributed by atoms with Crippen LogP contribution in [0.25, 0.3) is 0 Å². The van der Waals surface area contributed by atoms with Crippen molar-refractivity contribution in [3.05, 3.63) is 0 Å². The second kappa shape index (κ2) is 22.4. The summed E-state index contributed by atoms with van der Waals surface area (Å²) in [5, 5.41) is 0. The zero-order chi connectivity index (χ0) is 7.21. The Morgan fingerprint density at radius 1 is 0.667 bits per heavy atom. The molecule has 0 radical (unpaired) electrons. The molecule has 0 aliphatic rings. The Morgan fingerprint density at radius 2 is 0.667 bits per heavy atom. The van der Waals surface area contributed by atoms with E-state index in [0.717, 1.165) is 0 Å². The van der Waals surface area contributed by atoms with Gasteiger partial charge in [-0.15, -0.1) is 0 Å². The van der Waals surface area contributed by atoms with E-state index in [1.54, 1.807) is 0 Å². The average molecular weight is 180 g/mol. The lowest BCUT2D eigenvalue weighted by Crippen LogP contribution is -1.93. The fraction of sp³-hybridized carbons (Fsp3) is 1.00. The SMILES string of the molecule is C.C.C.C.CC(C)(C)C.CCC. The van der Waals surface area contributed by atoms with Crippen LogP contribution in [0, 0.1) is 5.41 Å². The first-order valence-corrected chi connectivity index (χ1v) is 3.41.